The van der Waals surface area contributed by atoms with Crippen molar-refractivity contribution in [2.45, 2.75) is 44.1 Å². The molecule has 0 aliphatic heterocycles. The van der Waals surface area contributed by atoms with Crippen molar-refractivity contribution >= 4 is 5.97 Å². The number of aliphatic carboxylic acids is 1. The van der Waals surface area contributed by atoms with Crippen molar-refractivity contribution in [3.05, 3.63) is 89.7 Å². The number of hydrogen-bond acceptors (Lipinski definition) is 4. The van der Waals surface area contributed by atoms with E-state index in [2.05, 4.69) is 12.1 Å². The largest absolute Gasteiger partial charge is 0.486 e. The Labute approximate surface area is 206 Å². The maximum absolute atomic E-state index is 13.4. The molecule has 1 N–H and O–H groups in total. The lowest BCUT2D eigenvalue weighted by atomic mass is 9.98. The second-order valence-corrected chi connectivity index (χ2v) is 9.20. The van der Waals surface area contributed by atoms with Gasteiger partial charge in [-0.25, -0.2) is 4.39 Å². The molecule has 3 aromatic rings. The van der Waals surface area contributed by atoms with Gasteiger partial charge in [0.1, 0.15) is 29.2 Å². The molecule has 1 aliphatic carbocycles. The van der Waals surface area contributed by atoms with Crippen LogP contribution in [0.1, 0.15) is 55.3 Å². The summed E-state index contributed by atoms with van der Waals surface area (Å²) in [5, 5.41) is 9.00. The van der Waals surface area contributed by atoms with E-state index in [1.807, 2.05) is 36.4 Å². The van der Waals surface area contributed by atoms with E-state index >= 15 is 0 Å². The normalized spacial score (nSPS) is 14.7. The Kier molecular flexibility index (Phi) is 8.37. The Morgan fingerprint density at radius 1 is 0.943 bits per heavy atom. The second-order valence-electron chi connectivity index (χ2n) is 9.20. The first-order valence-electron chi connectivity index (χ1n) is 12.2. The van der Waals surface area contributed by atoms with Gasteiger partial charge in [-0.05, 0) is 85.5 Å². The number of hydrogen-bond donors (Lipinski definition) is 1. The molecule has 0 aromatic heterocycles. The first-order valence-corrected chi connectivity index (χ1v) is 12.2. The zero-order valence-corrected chi connectivity index (χ0v) is 20.0. The predicted molar refractivity (Wildman–Crippen MR) is 134 cm³/mol. The molecule has 0 amide bonds. The molecule has 3 aromatic carbocycles. The van der Waals surface area contributed by atoms with Crippen LogP contribution in [0.3, 0.4) is 0 Å². The first kappa shape index (κ1) is 24.7. The summed E-state index contributed by atoms with van der Waals surface area (Å²) >= 11 is 0. The number of carboxylic acid groups (broad SMARTS) is 1. The topological polar surface area (TPSA) is 59.0 Å². The Balaban J connectivity index is 1.39. The van der Waals surface area contributed by atoms with Crippen LogP contribution in [0.4, 0.5) is 4.39 Å². The maximum atomic E-state index is 13.4. The minimum absolute atomic E-state index is 0.0518. The third kappa shape index (κ3) is 7.30. The van der Waals surface area contributed by atoms with E-state index in [9.17, 15) is 9.18 Å². The number of nitrogens with zero attached hydrogens (tertiary/aromatic N) is 1. The van der Waals surface area contributed by atoms with Crippen LogP contribution in [0.15, 0.2) is 72.8 Å². The molecule has 1 aliphatic rings. The van der Waals surface area contributed by atoms with Gasteiger partial charge in [0.05, 0.1) is 6.54 Å². The predicted octanol–water partition coefficient (Wildman–Crippen LogP) is 6.80. The summed E-state index contributed by atoms with van der Waals surface area (Å²) < 4.78 is 25.7. The van der Waals surface area contributed by atoms with Gasteiger partial charge in [-0.15, -0.1) is 0 Å². The van der Waals surface area contributed by atoms with Gasteiger partial charge >= 0.3 is 5.97 Å². The fourth-order valence-electron chi connectivity index (χ4n) is 4.57. The van der Waals surface area contributed by atoms with Crippen molar-refractivity contribution in [1.82, 2.24) is 4.90 Å². The van der Waals surface area contributed by atoms with Crippen LogP contribution in [0, 0.1) is 5.82 Å². The number of carbonyl (C=O) groups is 1. The summed E-state index contributed by atoms with van der Waals surface area (Å²) in [5.41, 5.74) is 2.22. The highest BCUT2D eigenvalue weighted by Crippen LogP contribution is 2.35. The van der Waals surface area contributed by atoms with Crippen LogP contribution in [0.25, 0.3) is 0 Å². The number of halogens is 1. The third-order valence-electron chi connectivity index (χ3n) is 6.46. The summed E-state index contributed by atoms with van der Waals surface area (Å²) in [7, 11) is 1.75. The van der Waals surface area contributed by atoms with Gasteiger partial charge in [-0.2, -0.15) is 0 Å². The highest BCUT2D eigenvalue weighted by atomic mass is 19.1. The lowest BCUT2D eigenvalue weighted by Crippen LogP contribution is -2.28. The molecule has 1 saturated carbocycles. The monoisotopic (exact) mass is 477 g/mol. The molecule has 1 fully saturated rings. The van der Waals surface area contributed by atoms with Gasteiger partial charge < -0.3 is 14.6 Å². The molecule has 0 bridgehead atoms. The average Bonchev–Trinajstić information content (AvgIpc) is 3.39. The van der Waals surface area contributed by atoms with Crippen molar-refractivity contribution in [2.24, 2.45) is 0 Å². The Morgan fingerprint density at radius 3 is 2.11 bits per heavy atom. The number of rotatable bonds is 11. The van der Waals surface area contributed by atoms with E-state index in [1.165, 1.54) is 43.4 Å². The molecular weight excluding hydrogens is 445 g/mol. The molecule has 4 rings (SSSR count). The molecule has 6 heteroatoms. The standard InChI is InChI=1S/C29H32FNO4/c1-31(20-29(32)33)19-18-28(23-6-10-24(30)11-7-23)35-27-16-14-26(15-17-27)34-25-12-8-22(9-13-25)21-4-2-3-5-21/h6-17,21,28H,2-5,18-20H2,1H3,(H,32,33). The van der Waals surface area contributed by atoms with Crippen LogP contribution in [-0.4, -0.2) is 36.1 Å². The summed E-state index contributed by atoms with van der Waals surface area (Å²) in [6.45, 7) is 0.468. The second kappa shape index (κ2) is 11.8. The molecule has 0 spiro atoms. The molecule has 1 atom stereocenters. The van der Waals surface area contributed by atoms with Gasteiger partial charge in [0.25, 0.3) is 0 Å². The molecule has 35 heavy (non-hydrogen) atoms. The van der Waals surface area contributed by atoms with E-state index in [1.54, 1.807) is 24.1 Å². The first-order chi connectivity index (χ1) is 17.0. The van der Waals surface area contributed by atoms with Gasteiger partial charge in [0.2, 0.25) is 0 Å². The molecule has 0 radical (unpaired) electrons. The maximum Gasteiger partial charge on any atom is 0.317 e. The van der Waals surface area contributed by atoms with Crippen molar-refractivity contribution in [2.75, 3.05) is 20.1 Å². The van der Waals surface area contributed by atoms with Gasteiger partial charge in [0, 0.05) is 13.0 Å². The fraction of sp³-hybridized carbons (Fsp3) is 0.345. The van der Waals surface area contributed by atoms with E-state index < -0.39 is 5.97 Å². The molecule has 184 valence electrons. The zero-order valence-electron chi connectivity index (χ0n) is 20.0. The number of likely N-dealkylation sites (N-methyl/N-ethyl adjacent to an activating group) is 1. The van der Waals surface area contributed by atoms with Crippen molar-refractivity contribution < 1.29 is 23.8 Å². The lowest BCUT2D eigenvalue weighted by molar-refractivity contribution is -0.138. The van der Waals surface area contributed by atoms with E-state index in [-0.39, 0.29) is 18.5 Å². The zero-order chi connectivity index (χ0) is 24.6. The van der Waals surface area contributed by atoms with Gasteiger partial charge in [-0.1, -0.05) is 37.1 Å². The number of benzene rings is 3. The average molecular weight is 478 g/mol. The van der Waals surface area contributed by atoms with Gasteiger partial charge in [0.15, 0.2) is 0 Å². The molecule has 0 saturated heterocycles. The lowest BCUT2D eigenvalue weighted by Gasteiger charge is -2.22. The van der Waals surface area contributed by atoms with Crippen molar-refractivity contribution in [3.63, 3.8) is 0 Å². The Bertz CT molecular complexity index is 1080. The fourth-order valence-corrected chi connectivity index (χ4v) is 4.57. The quantitative estimate of drug-likeness (QED) is 0.329. The highest BCUT2D eigenvalue weighted by Gasteiger charge is 2.18. The minimum atomic E-state index is -0.879. The van der Waals surface area contributed by atoms with Crippen molar-refractivity contribution in [3.8, 4) is 17.2 Å². The van der Waals surface area contributed by atoms with E-state index in [0.29, 0.717) is 30.4 Å². The Hall–Kier alpha value is -3.38. The SMILES string of the molecule is CN(CCC(Oc1ccc(Oc2ccc(C3CCCC3)cc2)cc1)c1ccc(F)cc1)CC(=O)O. The van der Waals surface area contributed by atoms with Crippen LogP contribution in [-0.2, 0) is 4.79 Å². The molecule has 1 unspecified atom stereocenters. The smallest absolute Gasteiger partial charge is 0.317 e. The molecule has 5 nitrogen and oxygen atoms in total. The summed E-state index contributed by atoms with van der Waals surface area (Å²) in [6, 6.07) is 22.0. The Morgan fingerprint density at radius 2 is 1.51 bits per heavy atom. The minimum Gasteiger partial charge on any atom is -0.486 e. The molecule has 0 heterocycles. The van der Waals surface area contributed by atoms with Crippen LogP contribution in [0.2, 0.25) is 0 Å². The third-order valence-corrected chi connectivity index (χ3v) is 6.46. The number of carboxylic acids is 1. The summed E-state index contributed by atoms with van der Waals surface area (Å²) in [4.78, 5) is 12.7. The van der Waals surface area contributed by atoms with Crippen LogP contribution >= 0.6 is 0 Å². The summed E-state index contributed by atoms with van der Waals surface area (Å²) in [6.07, 6.45) is 5.40. The van der Waals surface area contributed by atoms with Crippen LogP contribution in [0.5, 0.6) is 17.2 Å². The molecular formula is C29H32FNO4. The van der Waals surface area contributed by atoms with Crippen molar-refractivity contribution in [1.29, 1.82) is 0 Å². The highest BCUT2D eigenvalue weighted by molar-refractivity contribution is 5.69. The number of ether oxygens (including phenoxy) is 2. The van der Waals surface area contributed by atoms with E-state index in [0.717, 1.165) is 11.3 Å². The van der Waals surface area contributed by atoms with E-state index in [4.69, 9.17) is 14.6 Å². The summed E-state index contributed by atoms with van der Waals surface area (Å²) in [5.74, 6) is 1.66. The van der Waals surface area contributed by atoms with Gasteiger partial charge in [-0.3, -0.25) is 9.69 Å². The van der Waals surface area contributed by atoms with Crippen LogP contribution < -0.4 is 9.47 Å².